The molecule has 2 unspecified atom stereocenters. The van der Waals surface area contributed by atoms with E-state index in [1.54, 1.807) is 12.3 Å². The van der Waals surface area contributed by atoms with E-state index in [1.807, 2.05) is 61.5 Å². The van der Waals surface area contributed by atoms with Crippen molar-refractivity contribution in [1.29, 1.82) is 0 Å². The molecule has 4 rings (SSSR count). The maximum absolute atomic E-state index is 12.6. The molecular formula is C28H33N3O4. The number of benzene rings is 2. The van der Waals surface area contributed by atoms with E-state index in [0.29, 0.717) is 36.1 Å². The first-order valence-corrected chi connectivity index (χ1v) is 12.1. The molecule has 184 valence electrons. The van der Waals surface area contributed by atoms with Gasteiger partial charge in [0.15, 0.2) is 11.5 Å². The van der Waals surface area contributed by atoms with E-state index in [9.17, 15) is 4.79 Å². The SMILES string of the molecule is CCOc1ccccc1Oc1ccc(CNC(=O)c2ccc(CN3CC(C)OC(C)C3)cc2)cn1. The van der Waals surface area contributed by atoms with Crippen LogP contribution < -0.4 is 14.8 Å². The molecule has 7 heteroatoms. The Kier molecular flexibility index (Phi) is 8.34. The smallest absolute Gasteiger partial charge is 0.251 e. The van der Waals surface area contributed by atoms with E-state index >= 15 is 0 Å². The van der Waals surface area contributed by atoms with Gasteiger partial charge in [0.1, 0.15) is 0 Å². The standard InChI is InChI=1S/C28H33N3O4/c1-4-33-25-7-5-6-8-26(25)35-27-14-11-23(15-29-27)16-30-28(32)24-12-9-22(10-13-24)19-31-17-20(2)34-21(3)18-31/h5-15,20-21H,4,16-19H2,1-3H3,(H,30,32). The Bertz CT molecular complexity index is 1090. The molecule has 0 aliphatic carbocycles. The average Bonchev–Trinajstić information content (AvgIpc) is 2.85. The summed E-state index contributed by atoms with van der Waals surface area (Å²) in [5, 5.41) is 2.96. The highest BCUT2D eigenvalue weighted by Crippen LogP contribution is 2.30. The second kappa shape index (κ2) is 11.8. The van der Waals surface area contributed by atoms with Gasteiger partial charge < -0.3 is 19.5 Å². The summed E-state index contributed by atoms with van der Waals surface area (Å²) in [6.07, 6.45) is 2.18. The summed E-state index contributed by atoms with van der Waals surface area (Å²) in [7, 11) is 0. The van der Waals surface area contributed by atoms with Crippen LogP contribution in [0.15, 0.2) is 66.9 Å². The molecule has 0 spiro atoms. The van der Waals surface area contributed by atoms with Crippen molar-refractivity contribution in [2.75, 3.05) is 19.7 Å². The Morgan fingerprint density at radius 3 is 2.34 bits per heavy atom. The van der Waals surface area contributed by atoms with Crippen molar-refractivity contribution < 1.29 is 19.0 Å². The van der Waals surface area contributed by atoms with Gasteiger partial charge in [-0.25, -0.2) is 4.98 Å². The lowest BCUT2D eigenvalue weighted by Crippen LogP contribution is -2.44. The molecule has 2 heterocycles. The van der Waals surface area contributed by atoms with Gasteiger partial charge in [-0.3, -0.25) is 9.69 Å². The fourth-order valence-corrected chi connectivity index (χ4v) is 4.22. The lowest BCUT2D eigenvalue weighted by Gasteiger charge is -2.35. The maximum atomic E-state index is 12.6. The first-order chi connectivity index (χ1) is 17.0. The maximum Gasteiger partial charge on any atom is 0.251 e. The van der Waals surface area contributed by atoms with Crippen molar-refractivity contribution in [1.82, 2.24) is 15.2 Å². The van der Waals surface area contributed by atoms with Gasteiger partial charge in [0, 0.05) is 44.0 Å². The van der Waals surface area contributed by atoms with Crippen LogP contribution in [-0.4, -0.2) is 47.7 Å². The van der Waals surface area contributed by atoms with Crippen LogP contribution in [0.4, 0.5) is 0 Å². The molecular weight excluding hydrogens is 442 g/mol. The van der Waals surface area contributed by atoms with Gasteiger partial charge in [-0.15, -0.1) is 0 Å². The first-order valence-electron chi connectivity index (χ1n) is 12.1. The Morgan fingerprint density at radius 1 is 1.00 bits per heavy atom. The third-order valence-corrected chi connectivity index (χ3v) is 5.73. The van der Waals surface area contributed by atoms with Crippen LogP contribution >= 0.6 is 0 Å². The minimum atomic E-state index is -0.115. The van der Waals surface area contributed by atoms with Crippen LogP contribution in [0.25, 0.3) is 0 Å². The third kappa shape index (κ3) is 7.04. The van der Waals surface area contributed by atoms with E-state index in [-0.39, 0.29) is 18.1 Å². The molecule has 0 saturated carbocycles. The van der Waals surface area contributed by atoms with Crippen LogP contribution in [-0.2, 0) is 17.8 Å². The van der Waals surface area contributed by atoms with Gasteiger partial charge in [-0.2, -0.15) is 0 Å². The van der Waals surface area contributed by atoms with Gasteiger partial charge in [-0.05, 0) is 56.2 Å². The second-order valence-electron chi connectivity index (χ2n) is 8.82. The molecule has 2 aromatic carbocycles. The van der Waals surface area contributed by atoms with Crippen LogP contribution in [0, 0.1) is 0 Å². The number of carbonyl (C=O) groups is 1. The molecule has 2 atom stereocenters. The third-order valence-electron chi connectivity index (χ3n) is 5.73. The zero-order valence-corrected chi connectivity index (χ0v) is 20.6. The average molecular weight is 476 g/mol. The van der Waals surface area contributed by atoms with Gasteiger partial charge >= 0.3 is 0 Å². The Labute approximate surface area is 207 Å². The van der Waals surface area contributed by atoms with Gasteiger partial charge in [0.25, 0.3) is 5.91 Å². The Hall–Kier alpha value is -3.42. The number of morpholine rings is 1. The number of hydrogen-bond donors (Lipinski definition) is 1. The zero-order valence-electron chi connectivity index (χ0n) is 20.6. The molecule has 1 saturated heterocycles. The summed E-state index contributed by atoms with van der Waals surface area (Å²) in [5.41, 5.74) is 2.71. The number of amides is 1. The summed E-state index contributed by atoms with van der Waals surface area (Å²) in [5.74, 6) is 1.64. The number of carbonyl (C=O) groups excluding carboxylic acids is 1. The minimum Gasteiger partial charge on any atom is -0.490 e. The van der Waals surface area contributed by atoms with Crippen LogP contribution in [0.1, 0.15) is 42.3 Å². The van der Waals surface area contributed by atoms with Crippen LogP contribution in [0.2, 0.25) is 0 Å². The van der Waals surface area contributed by atoms with Crippen molar-refractivity contribution in [3.8, 4) is 17.4 Å². The summed E-state index contributed by atoms with van der Waals surface area (Å²) in [4.78, 5) is 19.4. The van der Waals surface area contributed by atoms with E-state index < -0.39 is 0 Å². The molecule has 1 aliphatic heterocycles. The summed E-state index contributed by atoms with van der Waals surface area (Å²) in [6, 6.07) is 19.0. The summed E-state index contributed by atoms with van der Waals surface area (Å²) < 4.78 is 17.2. The summed E-state index contributed by atoms with van der Waals surface area (Å²) >= 11 is 0. The van der Waals surface area contributed by atoms with E-state index in [4.69, 9.17) is 14.2 Å². The Morgan fingerprint density at radius 2 is 1.69 bits per heavy atom. The zero-order chi connectivity index (χ0) is 24.6. The van der Waals surface area contributed by atoms with Crippen molar-refractivity contribution in [3.05, 3.63) is 83.6 Å². The van der Waals surface area contributed by atoms with E-state index in [0.717, 1.165) is 25.2 Å². The van der Waals surface area contributed by atoms with Gasteiger partial charge in [0.05, 0.1) is 18.8 Å². The Balaban J connectivity index is 1.27. The number of nitrogens with one attached hydrogen (secondary N) is 1. The topological polar surface area (TPSA) is 72.9 Å². The van der Waals surface area contributed by atoms with Crippen molar-refractivity contribution >= 4 is 5.91 Å². The lowest BCUT2D eigenvalue weighted by atomic mass is 10.1. The molecule has 1 N–H and O–H groups in total. The van der Waals surface area contributed by atoms with Crippen LogP contribution in [0.3, 0.4) is 0 Å². The number of para-hydroxylation sites is 2. The fourth-order valence-electron chi connectivity index (χ4n) is 4.22. The molecule has 7 nitrogen and oxygen atoms in total. The van der Waals surface area contributed by atoms with Crippen molar-refractivity contribution in [2.45, 2.75) is 46.1 Å². The quantitative estimate of drug-likeness (QED) is 0.479. The van der Waals surface area contributed by atoms with Crippen molar-refractivity contribution in [3.63, 3.8) is 0 Å². The number of ether oxygens (including phenoxy) is 3. The normalized spacial score (nSPS) is 18.1. The number of aromatic nitrogens is 1. The van der Waals surface area contributed by atoms with Crippen LogP contribution in [0.5, 0.6) is 17.4 Å². The largest absolute Gasteiger partial charge is 0.490 e. The highest BCUT2D eigenvalue weighted by molar-refractivity contribution is 5.94. The van der Waals surface area contributed by atoms with Gasteiger partial charge in [0.2, 0.25) is 5.88 Å². The first kappa shape index (κ1) is 24.7. The number of nitrogens with zero attached hydrogens (tertiary/aromatic N) is 2. The van der Waals surface area contributed by atoms with E-state index in [1.165, 1.54) is 5.56 Å². The molecule has 1 aromatic heterocycles. The molecule has 1 fully saturated rings. The second-order valence-corrected chi connectivity index (χ2v) is 8.82. The number of pyridine rings is 1. The number of hydrogen-bond acceptors (Lipinski definition) is 6. The minimum absolute atomic E-state index is 0.115. The predicted molar refractivity (Wildman–Crippen MR) is 135 cm³/mol. The summed E-state index contributed by atoms with van der Waals surface area (Å²) in [6.45, 7) is 9.77. The predicted octanol–water partition coefficient (Wildman–Crippen LogP) is 4.81. The molecule has 1 aliphatic rings. The fraction of sp³-hybridized carbons (Fsp3) is 0.357. The molecule has 0 radical (unpaired) electrons. The molecule has 35 heavy (non-hydrogen) atoms. The highest BCUT2D eigenvalue weighted by Gasteiger charge is 2.22. The molecule has 1 amide bonds. The lowest BCUT2D eigenvalue weighted by molar-refractivity contribution is -0.0704. The molecule has 0 bridgehead atoms. The monoisotopic (exact) mass is 475 g/mol. The number of rotatable bonds is 9. The van der Waals surface area contributed by atoms with Gasteiger partial charge in [-0.1, -0.05) is 30.3 Å². The van der Waals surface area contributed by atoms with E-state index in [2.05, 4.69) is 29.0 Å². The molecule has 3 aromatic rings. The highest BCUT2D eigenvalue weighted by atomic mass is 16.5. The van der Waals surface area contributed by atoms with Crippen molar-refractivity contribution in [2.24, 2.45) is 0 Å².